The van der Waals surface area contributed by atoms with Gasteiger partial charge in [0.2, 0.25) is 5.95 Å². The number of halogens is 1. The molecule has 2 heterocycles. The molecule has 0 saturated carbocycles. The van der Waals surface area contributed by atoms with Crippen LogP contribution in [0, 0.1) is 11.2 Å². The smallest absolute Gasteiger partial charge is 0.327 e. The summed E-state index contributed by atoms with van der Waals surface area (Å²) in [5.41, 5.74) is 4.43. The summed E-state index contributed by atoms with van der Waals surface area (Å²) in [6, 6.07) is 4.08. The van der Waals surface area contributed by atoms with Gasteiger partial charge in [0.05, 0.1) is 11.9 Å². The van der Waals surface area contributed by atoms with Crippen LogP contribution < -0.4 is 26.0 Å². The number of hydrogen-bond donors (Lipinski definition) is 5. The van der Waals surface area contributed by atoms with E-state index in [0.29, 0.717) is 11.4 Å². The second kappa shape index (κ2) is 6.68. The van der Waals surface area contributed by atoms with Gasteiger partial charge in [0, 0.05) is 12.7 Å². The Kier molecular flexibility index (Phi) is 4.54. The Hall–Kier alpha value is -3.47. The van der Waals surface area contributed by atoms with Crippen LogP contribution in [0.1, 0.15) is 6.92 Å². The molecule has 11 heteroatoms. The van der Waals surface area contributed by atoms with Gasteiger partial charge in [-0.25, -0.2) is 19.1 Å². The van der Waals surface area contributed by atoms with Crippen LogP contribution in [0.4, 0.5) is 32.3 Å². The van der Waals surface area contributed by atoms with Crippen LogP contribution in [-0.4, -0.2) is 46.2 Å². The van der Waals surface area contributed by atoms with E-state index >= 15 is 0 Å². The lowest BCUT2D eigenvalue weighted by atomic mass is 10.1. The first-order chi connectivity index (χ1) is 12.7. The second-order valence-electron chi connectivity index (χ2n) is 6.04. The number of anilines is 4. The number of aliphatic hydroxyl groups is 1. The molecule has 0 saturated heterocycles. The van der Waals surface area contributed by atoms with Crippen molar-refractivity contribution in [2.24, 2.45) is 0 Å². The molecule has 1 aliphatic rings. The largest absolute Gasteiger partial charge is 0.488 e. The molecular formula is C16H18FN7O3. The molecule has 0 aliphatic carbocycles. The van der Waals surface area contributed by atoms with E-state index in [4.69, 9.17) is 15.9 Å². The Labute approximate surface area is 153 Å². The van der Waals surface area contributed by atoms with Crippen molar-refractivity contribution >= 4 is 35.0 Å². The number of nitrogen functional groups attached to an aromatic ring is 1. The molecule has 6 N–H and O–H groups in total. The van der Waals surface area contributed by atoms with Crippen LogP contribution >= 0.6 is 0 Å². The fourth-order valence-electron chi connectivity index (χ4n) is 2.43. The third-order valence-electron chi connectivity index (χ3n) is 3.89. The number of nitrogens with one attached hydrogen (secondary N) is 3. The van der Waals surface area contributed by atoms with Gasteiger partial charge in [0.25, 0.3) is 0 Å². The van der Waals surface area contributed by atoms with Crippen molar-refractivity contribution in [1.29, 1.82) is 5.41 Å². The molecule has 27 heavy (non-hydrogen) atoms. The lowest BCUT2D eigenvalue weighted by Gasteiger charge is -2.28. The van der Waals surface area contributed by atoms with Crippen molar-refractivity contribution in [3.05, 3.63) is 30.2 Å². The number of ether oxygens (including phenoxy) is 1. The predicted molar refractivity (Wildman–Crippen MR) is 96.9 cm³/mol. The van der Waals surface area contributed by atoms with Crippen molar-refractivity contribution < 1.29 is 19.0 Å². The Morgan fingerprint density at radius 3 is 2.93 bits per heavy atom. The van der Waals surface area contributed by atoms with Gasteiger partial charge >= 0.3 is 6.03 Å². The van der Waals surface area contributed by atoms with Gasteiger partial charge in [-0.2, -0.15) is 4.98 Å². The zero-order valence-corrected chi connectivity index (χ0v) is 14.6. The SMILES string of the molecule is CNC(=O)N1C(=N)C(C)(O)COc2ccc(Nc3ncc(F)c(N)n3)cc21. The minimum atomic E-state index is -1.67. The number of benzene rings is 1. The van der Waals surface area contributed by atoms with Gasteiger partial charge < -0.3 is 26.2 Å². The van der Waals surface area contributed by atoms with Crippen LogP contribution in [0.25, 0.3) is 0 Å². The molecular weight excluding hydrogens is 357 g/mol. The molecule has 0 fully saturated rings. The van der Waals surface area contributed by atoms with Crippen LogP contribution in [0.15, 0.2) is 24.4 Å². The highest BCUT2D eigenvalue weighted by Crippen LogP contribution is 2.36. The molecule has 1 aromatic carbocycles. The first kappa shape index (κ1) is 18.3. The highest BCUT2D eigenvalue weighted by Gasteiger charge is 2.39. The molecule has 0 bridgehead atoms. The second-order valence-corrected chi connectivity index (χ2v) is 6.04. The van der Waals surface area contributed by atoms with Crippen molar-refractivity contribution in [3.8, 4) is 5.75 Å². The number of fused-ring (bicyclic) bond motifs is 1. The third kappa shape index (κ3) is 3.44. The quantitative estimate of drug-likeness (QED) is 0.529. The molecule has 0 spiro atoms. The molecule has 10 nitrogen and oxygen atoms in total. The minimum absolute atomic E-state index is 0.0527. The summed E-state index contributed by atoms with van der Waals surface area (Å²) >= 11 is 0. The van der Waals surface area contributed by atoms with Gasteiger partial charge in [-0.3, -0.25) is 5.41 Å². The number of carbonyl (C=O) groups excluding carboxylic acids is 1. The summed E-state index contributed by atoms with van der Waals surface area (Å²) in [7, 11) is 1.41. The van der Waals surface area contributed by atoms with Crippen LogP contribution in [0.3, 0.4) is 0 Å². The van der Waals surface area contributed by atoms with E-state index in [1.54, 1.807) is 12.1 Å². The molecule has 2 amide bonds. The van der Waals surface area contributed by atoms with Gasteiger partial charge in [-0.05, 0) is 25.1 Å². The molecule has 1 aromatic heterocycles. The Morgan fingerprint density at radius 2 is 2.26 bits per heavy atom. The van der Waals surface area contributed by atoms with Crippen molar-refractivity contribution in [1.82, 2.24) is 15.3 Å². The number of urea groups is 1. The monoisotopic (exact) mass is 375 g/mol. The van der Waals surface area contributed by atoms with Gasteiger partial charge in [-0.15, -0.1) is 0 Å². The van der Waals surface area contributed by atoms with E-state index in [1.807, 2.05) is 0 Å². The fourth-order valence-corrected chi connectivity index (χ4v) is 2.43. The molecule has 142 valence electrons. The molecule has 1 atom stereocenters. The number of hydrogen-bond acceptors (Lipinski definition) is 8. The number of nitrogens with zero attached hydrogens (tertiary/aromatic N) is 3. The lowest BCUT2D eigenvalue weighted by molar-refractivity contribution is 0.0728. The molecule has 0 radical (unpaired) electrons. The van der Waals surface area contributed by atoms with Gasteiger partial charge in [-0.1, -0.05) is 0 Å². The molecule has 1 unspecified atom stereocenters. The Balaban J connectivity index is 2.02. The van der Waals surface area contributed by atoms with E-state index < -0.39 is 17.4 Å². The van der Waals surface area contributed by atoms with Crippen molar-refractivity contribution in [2.45, 2.75) is 12.5 Å². The van der Waals surface area contributed by atoms with Crippen LogP contribution in [0.2, 0.25) is 0 Å². The number of amides is 2. The first-order valence-corrected chi connectivity index (χ1v) is 7.88. The van der Waals surface area contributed by atoms with E-state index in [0.717, 1.165) is 11.1 Å². The molecule has 2 aromatic rings. The number of nitrogens with two attached hydrogens (primary N) is 1. The normalized spacial score (nSPS) is 19.0. The van der Waals surface area contributed by atoms with E-state index in [2.05, 4.69) is 20.6 Å². The third-order valence-corrected chi connectivity index (χ3v) is 3.89. The molecule has 1 aliphatic heterocycles. The fraction of sp³-hybridized carbons (Fsp3) is 0.250. The van der Waals surface area contributed by atoms with Gasteiger partial charge in [0.1, 0.15) is 18.2 Å². The lowest BCUT2D eigenvalue weighted by Crippen LogP contribution is -2.53. The van der Waals surface area contributed by atoms with E-state index in [-0.39, 0.29) is 29.9 Å². The average Bonchev–Trinajstić information content (AvgIpc) is 2.72. The predicted octanol–water partition coefficient (Wildman–Crippen LogP) is 1.21. The maximum absolute atomic E-state index is 13.2. The number of amidine groups is 1. The first-order valence-electron chi connectivity index (χ1n) is 7.88. The summed E-state index contributed by atoms with van der Waals surface area (Å²) in [5.74, 6) is -1.05. The summed E-state index contributed by atoms with van der Waals surface area (Å²) in [4.78, 5) is 20.9. The van der Waals surface area contributed by atoms with Crippen LogP contribution in [-0.2, 0) is 0 Å². The maximum Gasteiger partial charge on any atom is 0.327 e. The van der Waals surface area contributed by atoms with Crippen molar-refractivity contribution in [2.75, 3.05) is 29.6 Å². The average molecular weight is 375 g/mol. The van der Waals surface area contributed by atoms with Gasteiger partial charge in [0.15, 0.2) is 17.2 Å². The summed E-state index contributed by atoms with van der Waals surface area (Å²) < 4.78 is 18.8. The summed E-state index contributed by atoms with van der Waals surface area (Å²) in [6.45, 7) is 1.18. The minimum Gasteiger partial charge on any atom is -0.488 e. The molecule has 3 rings (SSSR count). The number of rotatable bonds is 2. The standard InChI is InChI=1S/C16H18FN7O3/c1-16(26)7-27-11-4-3-8(22-14-21-6-9(17)12(18)23-14)5-10(11)24(13(16)19)15(25)20-2/h3-6,19,26H,7H2,1-2H3,(H,20,25)(H3,18,21,22,23). The van der Waals surface area contributed by atoms with E-state index in [9.17, 15) is 14.3 Å². The Morgan fingerprint density at radius 1 is 1.52 bits per heavy atom. The summed E-state index contributed by atoms with van der Waals surface area (Å²) in [6.07, 6.45) is 0.931. The summed E-state index contributed by atoms with van der Waals surface area (Å²) in [5, 5.41) is 23.9. The topological polar surface area (TPSA) is 149 Å². The number of aromatic nitrogens is 2. The zero-order chi connectivity index (χ0) is 19.8. The zero-order valence-electron chi connectivity index (χ0n) is 14.6. The highest BCUT2D eigenvalue weighted by molar-refractivity contribution is 6.19. The van der Waals surface area contributed by atoms with Crippen molar-refractivity contribution in [3.63, 3.8) is 0 Å². The Bertz CT molecular complexity index is 919. The van der Waals surface area contributed by atoms with Crippen LogP contribution in [0.5, 0.6) is 5.75 Å². The van der Waals surface area contributed by atoms with E-state index in [1.165, 1.54) is 20.0 Å². The maximum atomic E-state index is 13.2. The number of carbonyl (C=O) groups is 1. The highest BCUT2D eigenvalue weighted by atomic mass is 19.1.